The summed E-state index contributed by atoms with van der Waals surface area (Å²) >= 11 is 0. The van der Waals surface area contributed by atoms with Crippen LogP contribution in [0, 0.1) is 22.0 Å². The first kappa shape index (κ1) is 28.8. The van der Waals surface area contributed by atoms with Crippen LogP contribution in [0.3, 0.4) is 0 Å². The third kappa shape index (κ3) is 5.86. The van der Waals surface area contributed by atoms with Crippen molar-refractivity contribution >= 4 is 25.4 Å². The monoisotopic (exact) mass is 594 g/mol. The van der Waals surface area contributed by atoms with Crippen LogP contribution in [0.15, 0.2) is 96.4 Å². The van der Waals surface area contributed by atoms with E-state index in [9.17, 15) is 29.4 Å². The number of aliphatic hydroxyl groups is 1. The molecule has 1 saturated heterocycles. The number of fused-ring (bicyclic) bond motifs is 1. The number of β-lactam (4-membered cyclic amide) rings is 1. The lowest BCUT2D eigenvalue weighted by Crippen LogP contribution is -2.60. The van der Waals surface area contributed by atoms with Crippen LogP contribution in [0.25, 0.3) is 0 Å². The zero-order chi connectivity index (χ0) is 29.9. The van der Waals surface area contributed by atoms with Crippen LogP contribution >= 0.6 is 7.82 Å². The number of rotatable bonds is 12. The van der Waals surface area contributed by atoms with Gasteiger partial charge in [0.15, 0.2) is 5.70 Å². The summed E-state index contributed by atoms with van der Waals surface area (Å²) in [7, 11) is -4.52. The lowest BCUT2D eigenvalue weighted by molar-refractivity contribution is -0.384. The Kier molecular flexibility index (Phi) is 8.28. The van der Waals surface area contributed by atoms with Gasteiger partial charge in [-0.25, -0.2) is 4.79 Å². The Hall–Kier alpha value is -4.67. The summed E-state index contributed by atoms with van der Waals surface area (Å²) in [4.78, 5) is 38.2. The molecule has 1 amide bonds. The number of esters is 1. The topological polar surface area (TPSA) is 155 Å². The molecule has 13 heteroatoms. The number of hydrogen-bond acceptors (Lipinski definition) is 10. The number of phosphoric acid groups is 1. The van der Waals surface area contributed by atoms with Crippen LogP contribution < -0.4 is 9.05 Å². The molecule has 12 nitrogen and oxygen atoms in total. The van der Waals surface area contributed by atoms with Crippen molar-refractivity contribution in [1.82, 2.24) is 4.90 Å². The molecule has 5 rings (SSSR count). The van der Waals surface area contributed by atoms with E-state index < -0.39 is 42.5 Å². The predicted molar refractivity (Wildman–Crippen MR) is 148 cm³/mol. The average molecular weight is 595 g/mol. The van der Waals surface area contributed by atoms with Gasteiger partial charge in [-0.15, -0.1) is 0 Å². The number of nitrogens with zero attached hydrogens (tertiary/aromatic N) is 2. The van der Waals surface area contributed by atoms with E-state index in [4.69, 9.17) is 18.3 Å². The molecule has 42 heavy (non-hydrogen) atoms. The molecule has 3 aromatic rings. The Morgan fingerprint density at radius 3 is 2.05 bits per heavy atom. The Balaban J connectivity index is 1.47. The largest absolute Gasteiger partial charge is 0.646 e. The second kappa shape index (κ2) is 12.1. The van der Waals surface area contributed by atoms with Gasteiger partial charge in [0, 0.05) is 24.7 Å². The summed E-state index contributed by atoms with van der Waals surface area (Å²) < 4.78 is 37.0. The molecular weight excluding hydrogens is 567 g/mol. The number of hydrogen-bond donors (Lipinski definition) is 1. The highest BCUT2D eigenvalue weighted by Crippen LogP contribution is 2.57. The molecule has 3 atom stereocenters. The Morgan fingerprint density at radius 1 is 0.952 bits per heavy atom. The maximum Gasteiger partial charge on any atom is 0.646 e. The standard InChI is InChI=1S/C29H27N2O10P/c1-19-25-24(16-17-32)28(33)30(25)26(29(34)38-18-20-12-14-21(15-13-20)31(35)36)27(19)41-42(37,39-22-8-4-2-5-9-22)40-23-10-6-3-7-11-23/h2-15,19,24-25,32H,16-18H2,1H3/t19?,24-,25+/m1/s1. The molecule has 0 bridgehead atoms. The van der Waals surface area contributed by atoms with Gasteiger partial charge in [-0.05, 0) is 48.4 Å². The van der Waals surface area contributed by atoms with Crippen molar-refractivity contribution in [2.45, 2.75) is 26.0 Å². The fraction of sp³-hybridized carbons (Fsp3) is 0.241. The van der Waals surface area contributed by atoms with E-state index in [1.807, 2.05) is 0 Å². The molecule has 0 saturated carbocycles. The smallest absolute Gasteiger partial charge is 0.456 e. The lowest BCUT2D eigenvalue weighted by atomic mass is 9.80. The number of aliphatic hydroxyl groups excluding tert-OH is 1. The van der Waals surface area contributed by atoms with Crippen LogP contribution in [-0.4, -0.2) is 39.5 Å². The van der Waals surface area contributed by atoms with Gasteiger partial charge in [0.1, 0.15) is 23.9 Å². The van der Waals surface area contributed by atoms with E-state index >= 15 is 0 Å². The number of carbonyl (C=O) groups is 2. The number of amides is 1. The van der Waals surface area contributed by atoms with Crippen LogP contribution in [0.1, 0.15) is 18.9 Å². The molecule has 1 fully saturated rings. The van der Waals surface area contributed by atoms with Gasteiger partial charge < -0.3 is 23.4 Å². The second-order valence-corrected chi connectivity index (χ2v) is 11.1. The number of ether oxygens (including phenoxy) is 1. The molecule has 3 aromatic carbocycles. The number of carbonyl (C=O) groups excluding carboxylic acids is 2. The van der Waals surface area contributed by atoms with E-state index in [-0.39, 0.29) is 48.3 Å². The molecule has 2 aliphatic rings. The van der Waals surface area contributed by atoms with Gasteiger partial charge >= 0.3 is 13.8 Å². The third-order valence-electron chi connectivity index (χ3n) is 6.95. The highest BCUT2D eigenvalue weighted by atomic mass is 31.2. The van der Waals surface area contributed by atoms with E-state index in [1.54, 1.807) is 67.6 Å². The summed E-state index contributed by atoms with van der Waals surface area (Å²) in [6, 6.07) is 21.3. The van der Waals surface area contributed by atoms with Gasteiger partial charge in [0.2, 0.25) is 5.91 Å². The zero-order valence-corrected chi connectivity index (χ0v) is 23.3. The van der Waals surface area contributed by atoms with Crippen molar-refractivity contribution in [3.05, 3.63) is 112 Å². The molecular formula is C29H27N2O10P. The van der Waals surface area contributed by atoms with Crippen LogP contribution in [0.2, 0.25) is 0 Å². The zero-order valence-electron chi connectivity index (χ0n) is 22.4. The third-order valence-corrected chi connectivity index (χ3v) is 8.24. The SMILES string of the molecule is CC1C(OP(=O)(Oc2ccccc2)Oc2ccccc2)=C(C(=O)OCc2ccc([N+](=O)[O-])cc2)N2C(=O)[C@H](CCO)[C@H]12. The van der Waals surface area contributed by atoms with Gasteiger partial charge in [-0.3, -0.25) is 19.8 Å². The quantitative estimate of drug-likeness (QED) is 0.0997. The number of nitro groups is 1. The molecule has 2 heterocycles. The van der Waals surface area contributed by atoms with Crippen molar-refractivity contribution in [2.75, 3.05) is 6.61 Å². The van der Waals surface area contributed by atoms with E-state index in [0.717, 1.165) is 0 Å². The van der Waals surface area contributed by atoms with E-state index in [1.165, 1.54) is 29.2 Å². The molecule has 0 aliphatic carbocycles. The van der Waals surface area contributed by atoms with Crippen molar-refractivity contribution < 1.29 is 42.5 Å². The molecule has 0 spiro atoms. The minimum absolute atomic E-state index is 0.113. The van der Waals surface area contributed by atoms with Crippen molar-refractivity contribution in [3.63, 3.8) is 0 Å². The molecule has 0 radical (unpaired) electrons. The summed E-state index contributed by atoms with van der Waals surface area (Å²) in [5.41, 5.74) is 0.102. The molecule has 2 aliphatic heterocycles. The first-order chi connectivity index (χ1) is 20.2. The fourth-order valence-corrected chi connectivity index (χ4v) is 6.34. The molecule has 218 valence electrons. The van der Waals surface area contributed by atoms with Gasteiger partial charge in [-0.1, -0.05) is 43.3 Å². The summed E-state index contributed by atoms with van der Waals surface area (Å²) in [6.07, 6.45) is 0.168. The van der Waals surface area contributed by atoms with Gasteiger partial charge in [-0.2, -0.15) is 4.57 Å². The predicted octanol–water partition coefficient (Wildman–Crippen LogP) is 4.99. The van der Waals surface area contributed by atoms with Crippen LogP contribution in [-0.2, 0) is 30.0 Å². The van der Waals surface area contributed by atoms with Crippen LogP contribution in [0.4, 0.5) is 5.69 Å². The maximum absolute atomic E-state index is 14.2. The summed E-state index contributed by atoms with van der Waals surface area (Å²) in [5, 5.41) is 20.5. The Bertz CT molecular complexity index is 1500. The van der Waals surface area contributed by atoms with E-state index in [0.29, 0.717) is 5.56 Å². The lowest BCUT2D eigenvalue weighted by Gasteiger charge is -2.44. The highest BCUT2D eigenvalue weighted by molar-refractivity contribution is 7.49. The highest BCUT2D eigenvalue weighted by Gasteiger charge is 2.60. The minimum Gasteiger partial charge on any atom is -0.456 e. The van der Waals surface area contributed by atoms with Crippen LogP contribution in [0.5, 0.6) is 11.5 Å². The first-order valence-electron chi connectivity index (χ1n) is 13.1. The normalized spacial score (nSPS) is 19.5. The van der Waals surface area contributed by atoms with E-state index in [2.05, 4.69) is 0 Å². The van der Waals surface area contributed by atoms with Gasteiger partial charge in [0.05, 0.1) is 16.9 Å². The average Bonchev–Trinajstić information content (AvgIpc) is 3.23. The Labute approximate surface area is 240 Å². The van der Waals surface area contributed by atoms with Gasteiger partial charge in [0.25, 0.3) is 5.69 Å². The first-order valence-corrected chi connectivity index (χ1v) is 14.5. The summed E-state index contributed by atoms with van der Waals surface area (Å²) in [6.45, 7) is 1.21. The maximum atomic E-state index is 14.2. The van der Waals surface area contributed by atoms with Crippen molar-refractivity contribution in [1.29, 1.82) is 0 Å². The fourth-order valence-electron chi connectivity index (χ4n) is 4.98. The number of phosphoric ester groups is 1. The minimum atomic E-state index is -4.52. The number of benzene rings is 3. The van der Waals surface area contributed by atoms with Crippen molar-refractivity contribution in [3.8, 4) is 11.5 Å². The number of para-hydroxylation sites is 2. The van der Waals surface area contributed by atoms with Crippen molar-refractivity contribution in [2.24, 2.45) is 11.8 Å². The Morgan fingerprint density at radius 2 is 1.52 bits per heavy atom. The molecule has 1 N–H and O–H groups in total. The molecule has 1 unspecified atom stereocenters. The number of non-ortho nitro benzene ring substituents is 1. The number of nitro benzene ring substituents is 1. The molecule has 0 aromatic heterocycles. The summed E-state index contributed by atoms with van der Waals surface area (Å²) in [5.74, 6) is -2.31. The second-order valence-electron chi connectivity index (χ2n) is 9.67.